The average Bonchev–Trinajstić information content (AvgIpc) is 2.97. The molecule has 1 aromatic carbocycles. The van der Waals surface area contributed by atoms with Crippen molar-refractivity contribution in [1.82, 2.24) is 4.90 Å². The number of hydrogen-bond acceptors (Lipinski definition) is 3. The van der Waals surface area contributed by atoms with Gasteiger partial charge in [-0.1, -0.05) is 12.5 Å². The van der Waals surface area contributed by atoms with Crippen LogP contribution in [-0.2, 0) is 6.54 Å². The van der Waals surface area contributed by atoms with Gasteiger partial charge >= 0.3 is 0 Å². The number of hydrogen-bond donors (Lipinski definition) is 1. The summed E-state index contributed by atoms with van der Waals surface area (Å²) < 4.78 is 14.1. The molecule has 1 atom stereocenters. The van der Waals surface area contributed by atoms with Crippen molar-refractivity contribution in [3.05, 3.63) is 29.6 Å². The molecule has 0 radical (unpaired) electrons. The van der Waals surface area contributed by atoms with Crippen molar-refractivity contribution in [3.63, 3.8) is 0 Å². The van der Waals surface area contributed by atoms with Gasteiger partial charge in [-0.2, -0.15) is 0 Å². The summed E-state index contributed by atoms with van der Waals surface area (Å²) >= 11 is 0. The number of benzene rings is 1. The largest absolute Gasteiger partial charge is 0.368 e. The highest BCUT2D eigenvalue weighted by Gasteiger charge is 2.29. The van der Waals surface area contributed by atoms with Crippen molar-refractivity contribution in [2.45, 2.75) is 38.3 Å². The highest BCUT2D eigenvalue weighted by atomic mass is 19.1. The second kappa shape index (κ2) is 6.10. The maximum Gasteiger partial charge on any atom is 0.146 e. The number of likely N-dealkylation sites (tertiary alicyclic amines) is 1. The molecule has 0 saturated carbocycles. The topological polar surface area (TPSA) is 32.5 Å². The minimum atomic E-state index is -0.132. The van der Waals surface area contributed by atoms with Gasteiger partial charge in [0, 0.05) is 25.7 Å². The third-order valence-corrected chi connectivity index (χ3v) is 4.66. The lowest BCUT2D eigenvalue weighted by Crippen LogP contribution is -2.40. The van der Waals surface area contributed by atoms with E-state index in [4.69, 9.17) is 5.73 Å². The predicted molar refractivity (Wildman–Crippen MR) is 80.3 cm³/mol. The van der Waals surface area contributed by atoms with Crippen LogP contribution in [0.1, 0.15) is 31.2 Å². The smallest absolute Gasteiger partial charge is 0.146 e. The Kier molecular flexibility index (Phi) is 4.22. The SMILES string of the molecule is NCc1ccc(N2CCC(N3CCCCC3)C2)c(F)c1. The van der Waals surface area contributed by atoms with Crippen LogP contribution in [0.15, 0.2) is 18.2 Å². The maximum absolute atomic E-state index is 14.1. The molecule has 110 valence electrons. The standard InChI is InChI=1S/C16H24FN3/c17-15-10-13(11-18)4-5-16(15)20-9-6-14(12-20)19-7-2-1-3-8-19/h4-5,10,14H,1-3,6-9,11-12,18H2. The van der Waals surface area contributed by atoms with Crippen LogP contribution in [0, 0.1) is 5.82 Å². The third kappa shape index (κ3) is 2.81. The lowest BCUT2D eigenvalue weighted by molar-refractivity contribution is 0.175. The number of nitrogens with zero attached hydrogens (tertiary/aromatic N) is 2. The van der Waals surface area contributed by atoms with E-state index in [1.807, 2.05) is 12.1 Å². The summed E-state index contributed by atoms with van der Waals surface area (Å²) in [5, 5.41) is 0. The molecule has 0 amide bonds. The molecular weight excluding hydrogens is 253 g/mol. The van der Waals surface area contributed by atoms with E-state index >= 15 is 0 Å². The zero-order chi connectivity index (χ0) is 13.9. The molecule has 20 heavy (non-hydrogen) atoms. The van der Waals surface area contributed by atoms with Crippen LogP contribution in [0.25, 0.3) is 0 Å². The lowest BCUT2D eigenvalue weighted by Gasteiger charge is -2.32. The van der Waals surface area contributed by atoms with E-state index in [1.165, 1.54) is 32.4 Å². The monoisotopic (exact) mass is 277 g/mol. The molecule has 0 bridgehead atoms. The average molecular weight is 277 g/mol. The first-order valence-corrected chi connectivity index (χ1v) is 7.75. The third-order valence-electron chi connectivity index (χ3n) is 4.66. The summed E-state index contributed by atoms with van der Waals surface area (Å²) in [5.74, 6) is -0.132. The van der Waals surface area contributed by atoms with E-state index < -0.39 is 0 Å². The first-order chi connectivity index (χ1) is 9.78. The van der Waals surface area contributed by atoms with E-state index in [0.717, 1.165) is 30.8 Å². The molecule has 1 aromatic rings. The zero-order valence-electron chi connectivity index (χ0n) is 12.0. The quantitative estimate of drug-likeness (QED) is 0.920. The summed E-state index contributed by atoms with van der Waals surface area (Å²) in [6.07, 6.45) is 5.15. The van der Waals surface area contributed by atoms with Crippen molar-refractivity contribution in [1.29, 1.82) is 0 Å². The first kappa shape index (κ1) is 13.8. The second-order valence-corrected chi connectivity index (χ2v) is 5.98. The van der Waals surface area contributed by atoms with Crippen LogP contribution in [0.3, 0.4) is 0 Å². The molecule has 0 aliphatic carbocycles. The fourth-order valence-electron chi connectivity index (χ4n) is 3.48. The van der Waals surface area contributed by atoms with Gasteiger partial charge < -0.3 is 10.6 Å². The van der Waals surface area contributed by atoms with Gasteiger partial charge in [-0.05, 0) is 50.0 Å². The van der Waals surface area contributed by atoms with Gasteiger partial charge in [0.05, 0.1) is 5.69 Å². The highest BCUT2D eigenvalue weighted by Crippen LogP contribution is 2.27. The Morgan fingerprint density at radius 2 is 1.95 bits per heavy atom. The molecule has 3 rings (SSSR count). The van der Waals surface area contributed by atoms with E-state index in [9.17, 15) is 4.39 Å². The van der Waals surface area contributed by atoms with Crippen LogP contribution in [0.2, 0.25) is 0 Å². The van der Waals surface area contributed by atoms with Gasteiger partial charge in [-0.15, -0.1) is 0 Å². The molecule has 1 unspecified atom stereocenters. The molecule has 2 N–H and O–H groups in total. The lowest BCUT2D eigenvalue weighted by atomic mass is 10.1. The Bertz CT molecular complexity index is 457. The molecule has 0 aromatic heterocycles. The number of piperidine rings is 1. The van der Waals surface area contributed by atoms with Gasteiger partial charge in [-0.3, -0.25) is 4.90 Å². The molecule has 4 heteroatoms. The van der Waals surface area contributed by atoms with Crippen molar-refractivity contribution in [2.24, 2.45) is 5.73 Å². The molecule has 2 heterocycles. The predicted octanol–water partition coefficient (Wildman–Crippen LogP) is 2.35. The van der Waals surface area contributed by atoms with Crippen LogP contribution in [-0.4, -0.2) is 37.1 Å². The van der Waals surface area contributed by atoms with Crippen LogP contribution in [0.4, 0.5) is 10.1 Å². The Balaban J connectivity index is 1.67. The van der Waals surface area contributed by atoms with Crippen molar-refractivity contribution >= 4 is 5.69 Å². The van der Waals surface area contributed by atoms with Gasteiger partial charge in [-0.25, -0.2) is 4.39 Å². The van der Waals surface area contributed by atoms with E-state index in [0.29, 0.717) is 12.6 Å². The fourth-order valence-corrected chi connectivity index (χ4v) is 3.48. The van der Waals surface area contributed by atoms with Crippen LogP contribution >= 0.6 is 0 Å². The Hall–Kier alpha value is -1.13. The number of rotatable bonds is 3. The van der Waals surface area contributed by atoms with E-state index in [2.05, 4.69) is 9.80 Å². The van der Waals surface area contributed by atoms with Crippen molar-refractivity contribution < 1.29 is 4.39 Å². The Labute approximate surface area is 120 Å². The second-order valence-electron chi connectivity index (χ2n) is 5.98. The summed E-state index contributed by atoms with van der Waals surface area (Å²) in [7, 11) is 0. The molecule has 2 aliphatic heterocycles. The minimum Gasteiger partial charge on any atom is -0.368 e. The van der Waals surface area contributed by atoms with Gasteiger partial charge in [0.2, 0.25) is 0 Å². The highest BCUT2D eigenvalue weighted by molar-refractivity contribution is 5.50. The summed E-state index contributed by atoms with van der Waals surface area (Å²) in [6.45, 7) is 4.74. The number of nitrogens with two attached hydrogens (primary N) is 1. The molecular formula is C16H24FN3. The summed E-state index contributed by atoms with van der Waals surface area (Å²) in [4.78, 5) is 4.78. The van der Waals surface area contributed by atoms with Gasteiger partial charge in [0.1, 0.15) is 5.82 Å². The fraction of sp³-hybridized carbons (Fsp3) is 0.625. The molecule has 2 aliphatic rings. The minimum absolute atomic E-state index is 0.132. The first-order valence-electron chi connectivity index (χ1n) is 7.75. The normalized spacial score (nSPS) is 24.3. The maximum atomic E-state index is 14.1. The number of halogens is 1. The molecule has 3 nitrogen and oxygen atoms in total. The van der Waals surface area contributed by atoms with E-state index in [-0.39, 0.29) is 5.82 Å². The molecule has 0 spiro atoms. The summed E-state index contributed by atoms with van der Waals surface area (Å²) in [6, 6.07) is 6.00. The molecule has 2 saturated heterocycles. The van der Waals surface area contributed by atoms with Gasteiger partial charge in [0.25, 0.3) is 0 Å². The van der Waals surface area contributed by atoms with Crippen LogP contribution in [0.5, 0.6) is 0 Å². The number of anilines is 1. The molecule has 2 fully saturated rings. The van der Waals surface area contributed by atoms with Gasteiger partial charge in [0.15, 0.2) is 0 Å². The van der Waals surface area contributed by atoms with Crippen molar-refractivity contribution in [3.8, 4) is 0 Å². The zero-order valence-corrected chi connectivity index (χ0v) is 12.0. The Morgan fingerprint density at radius 3 is 2.65 bits per heavy atom. The summed E-state index contributed by atoms with van der Waals surface area (Å²) in [5.41, 5.74) is 7.15. The van der Waals surface area contributed by atoms with Crippen molar-refractivity contribution in [2.75, 3.05) is 31.1 Å². The van der Waals surface area contributed by atoms with E-state index in [1.54, 1.807) is 6.07 Å². The van der Waals surface area contributed by atoms with Crippen LogP contribution < -0.4 is 10.6 Å². The Morgan fingerprint density at radius 1 is 1.15 bits per heavy atom.